The van der Waals surface area contributed by atoms with Crippen molar-refractivity contribution in [2.75, 3.05) is 14.2 Å². The van der Waals surface area contributed by atoms with Crippen LogP contribution in [0.3, 0.4) is 0 Å². The number of amides is 1. The van der Waals surface area contributed by atoms with Crippen LogP contribution in [0, 0.1) is 0 Å². The summed E-state index contributed by atoms with van der Waals surface area (Å²) < 4.78 is 10.2. The fourth-order valence-corrected chi connectivity index (χ4v) is 1.82. The molecule has 0 saturated heterocycles. The minimum atomic E-state index is -0.306. The van der Waals surface area contributed by atoms with Crippen LogP contribution in [-0.2, 0) is 4.79 Å². The molecule has 5 heteroatoms. The molecule has 0 saturated carbocycles. The molecule has 0 unspecified atom stereocenters. The Kier molecular flexibility index (Phi) is 5.94. The van der Waals surface area contributed by atoms with Gasteiger partial charge in [0.2, 0.25) is 0 Å². The third kappa shape index (κ3) is 5.32. The highest BCUT2D eigenvalue weighted by molar-refractivity contribution is 5.92. The van der Waals surface area contributed by atoms with E-state index < -0.39 is 0 Å². The molecule has 1 amide bonds. The average Bonchev–Trinajstić information content (AvgIpc) is 2.60. The summed E-state index contributed by atoms with van der Waals surface area (Å²) in [5.41, 5.74) is 4.18. The lowest BCUT2D eigenvalue weighted by Crippen LogP contribution is -2.14. The topological polar surface area (TPSA) is 59.9 Å². The van der Waals surface area contributed by atoms with Gasteiger partial charge in [-0.15, -0.1) is 0 Å². The minimum Gasteiger partial charge on any atom is -0.497 e. The van der Waals surface area contributed by atoms with Gasteiger partial charge in [-0.2, -0.15) is 5.10 Å². The van der Waals surface area contributed by atoms with E-state index in [-0.39, 0.29) is 5.91 Å². The maximum absolute atomic E-state index is 11.7. The smallest absolute Gasteiger partial charge is 0.264 e. The number of nitrogens with one attached hydrogen (secondary N) is 1. The molecule has 0 aliphatic rings. The van der Waals surface area contributed by atoms with Crippen LogP contribution in [0.15, 0.2) is 59.7 Å². The third-order valence-corrected chi connectivity index (χ3v) is 3.03. The lowest BCUT2D eigenvalue weighted by atomic mass is 10.2. The largest absolute Gasteiger partial charge is 0.497 e. The second kappa shape index (κ2) is 8.38. The molecule has 0 aliphatic carbocycles. The molecule has 2 rings (SSSR count). The molecule has 118 valence electrons. The van der Waals surface area contributed by atoms with Gasteiger partial charge in [0.05, 0.1) is 20.4 Å². The van der Waals surface area contributed by atoms with E-state index in [0.717, 1.165) is 22.6 Å². The second-order valence-corrected chi connectivity index (χ2v) is 4.62. The summed E-state index contributed by atoms with van der Waals surface area (Å²) in [6.45, 7) is 0. The van der Waals surface area contributed by atoms with Crippen molar-refractivity contribution in [3.8, 4) is 11.5 Å². The number of hydrogen-bond donors (Lipinski definition) is 1. The van der Waals surface area contributed by atoms with Gasteiger partial charge in [0, 0.05) is 6.08 Å². The van der Waals surface area contributed by atoms with Gasteiger partial charge in [-0.1, -0.05) is 24.3 Å². The summed E-state index contributed by atoms with van der Waals surface area (Å²) in [4.78, 5) is 11.7. The van der Waals surface area contributed by atoms with E-state index in [4.69, 9.17) is 9.47 Å². The molecule has 1 N–H and O–H groups in total. The van der Waals surface area contributed by atoms with Crippen molar-refractivity contribution in [1.29, 1.82) is 0 Å². The number of methoxy groups -OCH3 is 2. The van der Waals surface area contributed by atoms with E-state index >= 15 is 0 Å². The molecule has 2 aromatic rings. The van der Waals surface area contributed by atoms with Crippen LogP contribution in [0.4, 0.5) is 0 Å². The molecule has 0 bridgehead atoms. The van der Waals surface area contributed by atoms with Crippen molar-refractivity contribution < 1.29 is 14.3 Å². The Morgan fingerprint density at radius 2 is 1.74 bits per heavy atom. The number of benzene rings is 2. The SMILES string of the molecule is COc1ccc(C=CC(=O)NN=Cc2cccc(OC)c2)cc1. The van der Waals surface area contributed by atoms with Crippen LogP contribution in [0.2, 0.25) is 0 Å². The molecule has 0 heterocycles. The zero-order chi connectivity index (χ0) is 16.5. The Bertz CT molecular complexity index is 706. The molecular weight excluding hydrogens is 292 g/mol. The maximum atomic E-state index is 11.7. The zero-order valence-electron chi connectivity index (χ0n) is 13.0. The number of carbonyl (C=O) groups is 1. The summed E-state index contributed by atoms with van der Waals surface area (Å²) in [6.07, 6.45) is 4.68. The molecule has 0 aromatic heterocycles. The number of ether oxygens (including phenoxy) is 2. The molecule has 2 aromatic carbocycles. The van der Waals surface area contributed by atoms with Crippen LogP contribution < -0.4 is 14.9 Å². The first-order valence-electron chi connectivity index (χ1n) is 7.00. The van der Waals surface area contributed by atoms with E-state index in [2.05, 4.69) is 10.5 Å². The lowest BCUT2D eigenvalue weighted by Gasteiger charge is -2.00. The normalized spacial score (nSPS) is 10.9. The number of hydrogen-bond acceptors (Lipinski definition) is 4. The van der Waals surface area contributed by atoms with Gasteiger partial charge >= 0.3 is 0 Å². The van der Waals surface area contributed by atoms with Gasteiger partial charge in [-0.25, -0.2) is 5.43 Å². The molecule has 23 heavy (non-hydrogen) atoms. The summed E-state index contributed by atoms with van der Waals surface area (Å²) in [5.74, 6) is 1.20. The highest BCUT2D eigenvalue weighted by Gasteiger charge is 1.95. The van der Waals surface area contributed by atoms with Crippen LogP contribution in [-0.4, -0.2) is 26.3 Å². The zero-order valence-corrected chi connectivity index (χ0v) is 13.0. The van der Waals surface area contributed by atoms with Crippen LogP contribution in [0.25, 0.3) is 6.08 Å². The standard InChI is InChI=1S/C18H18N2O3/c1-22-16-9-6-14(7-10-16)8-11-18(21)20-19-13-15-4-3-5-17(12-15)23-2/h3-13H,1-2H3,(H,20,21). The van der Waals surface area contributed by atoms with Crippen molar-refractivity contribution >= 4 is 18.2 Å². The Hall–Kier alpha value is -3.08. The van der Waals surface area contributed by atoms with E-state index in [0.29, 0.717) is 0 Å². The van der Waals surface area contributed by atoms with E-state index in [1.807, 2.05) is 48.5 Å². The van der Waals surface area contributed by atoms with Crippen LogP contribution >= 0.6 is 0 Å². The van der Waals surface area contributed by atoms with Crippen molar-refractivity contribution in [3.63, 3.8) is 0 Å². The van der Waals surface area contributed by atoms with Crippen molar-refractivity contribution in [1.82, 2.24) is 5.43 Å². The first kappa shape index (κ1) is 16.3. The summed E-state index contributed by atoms with van der Waals surface area (Å²) in [7, 11) is 3.21. The fraction of sp³-hybridized carbons (Fsp3) is 0.111. The van der Waals surface area contributed by atoms with Crippen molar-refractivity contribution in [3.05, 3.63) is 65.7 Å². The summed E-state index contributed by atoms with van der Waals surface area (Å²) in [5, 5.41) is 3.91. The van der Waals surface area contributed by atoms with Gasteiger partial charge in [-0.3, -0.25) is 4.79 Å². The van der Waals surface area contributed by atoms with Gasteiger partial charge in [0.15, 0.2) is 0 Å². The molecular formula is C18H18N2O3. The number of carbonyl (C=O) groups excluding carboxylic acids is 1. The molecule has 0 spiro atoms. The molecule has 5 nitrogen and oxygen atoms in total. The highest BCUT2D eigenvalue weighted by atomic mass is 16.5. The quantitative estimate of drug-likeness (QED) is 0.507. The molecule has 0 atom stereocenters. The Morgan fingerprint density at radius 1 is 1.00 bits per heavy atom. The first-order valence-corrected chi connectivity index (χ1v) is 7.00. The predicted molar refractivity (Wildman–Crippen MR) is 90.8 cm³/mol. The predicted octanol–water partition coefficient (Wildman–Crippen LogP) is 2.87. The fourth-order valence-electron chi connectivity index (χ4n) is 1.82. The Morgan fingerprint density at radius 3 is 2.43 bits per heavy atom. The van der Waals surface area contributed by atoms with Gasteiger partial charge in [0.25, 0.3) is 5.91 Å². The van der Waals surface area contributed by atoms with Gasteiger partial charge in [0.1, 0.15) is 11.5 Å². The van der Waals surface area contributed by atoms with Crippen molar-refractivity contribution in [2.45, 2.75) is 0 Å². The monoisotopic (exact) mass is 310 g/mol. The summed E-state index contributed by atoms with van der Waals surface area (Å²) in [6, 6.07) is 14.8. The maximum Gasteiger partial charge on any atom is 0.264 e. The van der Waals surface area contributed by atoms with Crippen molar-refractivity contribution in [2.24, 2.45) is 5.10 Å². The molecule has 0 fully saturated rings. The second-order valence-electron chi connectivity index (χ2n) is 4.62. The van der Waals surface area contributed by atoms with E-state index in [1.54, 1.807) is 26.5 Å². The first-order chi connectivity index (χ1) is 11.2. The molecule has 0 radical (unpaired) electrons. The lowest BCUT2D eigenvalue weighted by molar-refractivity contribution is -0.116. The van der Waals surface area contributed by atoms with E-state index in [9.17, 15) is 4.79 Å². The molecule has 0 aliphatic heterocycles. The number of rotatable bonds is 6. The van der Waals surface area contributed by atoms with E-state index in [1.165, 1.54) is 6.08 Å². The number of hydrazone groups is 1. The third-order valence-electron chi connectivity index (χ3n) is 3.03. The van der Waals surface area contributed by atoms with Gasteiger partial charge < -0.3 is 9.47 Å². The highest BCUT2D eigenvalue weighted by Crippen LogP contribution is 2.12. The van der Waals surface area contributed by atoms with Crippen LogP contribution in [0.1, 0.15) is 11.1 Å². The Balaban J connectivity index is 1.88. The average molecular weight is 310 g/mol. The van der Waals surface area contributed by atoms with Gasteiger partial charge in [-0.05, 0) is 41.5 Å². The van der Waals surface area contributed by atoms with Crippen LogP contribution in [0.5, 0.6) is 11.5 Å². The Labute approximate surface area is 135 Å². The minimum absolute atomic E-state index is 0.306. The summed E-state index contributed by atoms with van der Waals surface area (Å²) >= 11 is 0. The number of nitrogens with zero attached hydrogens (tertiary/aromatic N) is 1.